The summed E-state index contributed by atoms with van der Waals surface area (Å²) in [5.41, 5.74) is 5.47. The molecule has 2 nitrogen and oxygen atoms in total. The Morgan fingerprint density at radius 2 is 2.00 bits per heavy atom. The van der Waals surface area contributed by atoms with Gasteiger partial charge >= 0.3 is 0 Å². The Labute approximate surface area is 70.5 Å². The molecule has 11 heavy (non-hydrogen) atoms. The molecule has 0 saturated heterocycles. The fraction of sp³-hybridized carbons (Fsp3) is 1.00. The van der Waals surface area contributed by atoms with Crippen LogP contribution in [0.4, 0.5) is 0 Å². The standard InChI is InChI=1S/C9H22N2/c1-4-9(5-6-10)11-7-8(2)3/h8-9,11H,4-7,10H2,1-3H3. The summed E-state index contributed by atoms with van der Waals surface area (Å²) in [6, 6.07) is 0.627. The van der Waals surface area contributed by atoms with Crippen LogP contribution in [0.3, 0.4) is 0 Å². The average molecular weight is 158 g/mol. The van der Waals surface area contributed by atoms with Crippen molar-refractivity contribution in [3.63, 3.8) is 0 Å². The van der Waals surface area contributed by atoms with Gasteiger partial charge in [-0.2, -0.15) is 0 Å². The minimum absolute atomic E-state index is 0.627. The minimum Gasteiger partial charge on any atom is -0.330 e. The zero-order valence-corrected chi connectivity index (χ0v) is 8.06. The molecule has 0 spiro atoms. The van der Waals surface area contributed by atoms with Crippen LogP contribution in [0.15, 0.2) is 0 Å². The first-order chi connectivity index (χ1) is 5.20. The van der Waals surface area contributed by atoms with Crippen LogP contribution in [0.2, 0.25) is 0 Å². The molecule has 0 aromatic heterocycles. The van der Waals surface area contributed by atoms with Gasteiger partial charge < -0.3 is 11.1 Å². The summed E-state index contributed by atoms with van der Waals surface area (Å²) in [5, 5.41) is 3.49. The SMILES string of the molecule is CCC(CCN)NCC(C)C. The van der Waals surface area contributed by atoms with Gasteiger partial charge in [0.2, 0.25) is 0 Å². The smallest absolute Gasteiger partial charge is 0.00765 e. The number of hydrogen-bond donors (Lipinski definition) is 2. The largest absolute Gasteiger partial charge is 0.330 e. The first kappa shape index (κ1) is 10.9. The molecule has 1 atom stereocenters. The molecule has 0 amide bonds. The highest BCUT2D eigenvalue weighted by atomic mass is 14.9. The Morgan fingerprint density at radius 3 is 2.36 bits per heavy atom. The van der Waals surface area contributed by atoms with E-state index in [1.807, 2.05) is 0 Å². The normalized spacial score (nSPS) is 13.9. The van der Waals surface area contributed by atoms with Gasteiger partial charge in [-0.05, 0) is 31.8 Å². The van der Waals surface area contributed by atoms with Crippen LogP contribution >= 0.6 is 0 Å². The first-order valence-corrected chi connectivity index (χ1v) is 4.64. The number of rotatable bonds is 6. The summed E-state index contributed by atoms with van der Waals surface area (Å²) in [6.07, 6.45) is 2.28. The molecule has 0 rings (SSSR count). The second-order valence-electron chi connectivity index (χ2n) is 3.48. The Balaban J connectivity index is 3.35. The summed E-state index contributed by atoms with van der Waals surface area (Å²) in [4.78, 5) is 0. The lowest BCUT2D eigenvalue weighted by Gasteiger charge is -2.17. The molecule has 0 saturated carbocycles. The van der Waals surface area contributed by atoms with Crippen LogP contribution in [0.1, 0.15) is 33.6 Å². The Hall–Kier alpha value is -0.0800. The molecule has 0 radical (unpaired) electrons. The van der Waals surface area contributed by atoms with E-state index in [9.17, 15) is 0 Å². The van der Waals surface area contributed by atoms with E-state index in [-0.39, 0.29) is 0 Å². The van der Waals surface area contributed by atoms with Crippen LogP contribution in [0, 0.1) is 5.92 Å². The van der Waals surface area contributed by atoms with Crippen molar-refractivity contribution in [2.24, 2.45) is 11.7 Å². The van der Waals surface area contributed by atoms with Crippen LogP contribution < -0.4 is 11.1 Å². The molecule has 0 aliphatic rings. The monoisotopic (exact) mass is 158 g/mol. The van der Waals surface area contributed by atoms with E-state index < -0.39 is 0 Å². The molecular formula is C9H22N2. The molecule has 0 aliphatic carbocycles. The van der Waals surface area contributed by atoms with Crippen LogP contribution in [0.5, 0.6) is 0 Å². The van der Waals surface area contributed by atoms with Gasteiger partial charge in [0.1, 0.15) is 0 Å². The highest BCUT2D eigenvalue weighted by molar-refractivity contribution is 4.65. The maximum Gasteiger partial charge on any atom is 0.00765 e. The first-order valence-electron chi connectivity index (χ1n) is 4.64. The number of hydrogen-bond acceptors (Lipinski definition) is 2. The zero-order chi connectivity index (χ0) is 8.69. The van der Waals surface area contributed by atoms with Gasteiger partial charge in [-0.15, -0.1) is 0 Å². The maximum atomic E-state index is 5.47. The van der Waals surface area contributed by atoms with E-state index in [0.717, 1.165) is 25.4 Å². The molecule has 3 N–H and O–H groups in total. The third kappa shape index (κ3) is 6.32. The van der Waals surface area contributed by atoms with Crippen molar-refractivity contribution in [2.75, 3.05) is 13.1 Å². The zero-order valence-electron chi connectivity index (χ0n) is 8.06. The Morgan fingerprint density at radius 1 is 1.36 bits per heavy atom. The predicted molar refractivity (Wildman–Crippen MR) is 50.6 cm³/mol. The third-order valence-corrected chi connectivity index (χ3v) is 1.82. The van der Waals surface area contributed by atoms with E-state index in [0.29, 0.717) is 6.04 Å². The third-order valence-electron chi connectivity index (χ3n) is 1.82. The summed E-state index contributed by atoms with van der Waals surface area (Å²) in [6.45, 7) is 8.56. The summed E-state index contributed by atoms with van der Waals surface area (Å²) >= 11 is 0. The second kappa shape index (κ2) is 6.62. The molecular weight excluding hydrogens is 136 g/mol. The predicted octanol–water partition coefficient (Wildman–Crippen LogP) is 1.36. The molecule has 0 bridgehead atoms. The average Bonchev–Trinajstić information content (AvgIpc) is 1.97. The highest BCUT2D eigenvalue weighted by Crippen LogP contribution is 1.97. The summed E-state index contributed by atoms with van der Waals surface area (Å²) in [5.74, 6) is 0.738. The topological polar surface area (TPSA) is 38.0 Å². The highest BCUT2D eigenvalue weighted by Gasteiger charge is 2.03. The second-order valence-corrected chi connectivity index (χ2v) is 3.48. The molecule has 1 unspecified atom stereocenters. The van der Waals surface area contributed by atoms with Crippen molar-refractivity contribution < 1.29 is 0 Å². The molecule has 0 aromatic carbocycles. The van der Waals surface area contributed by atoms with Gasteiger partial charge in [0.25, 0.3) is 0 Å². The number of nitrogens with two attached hydrogens (primary N) is 1. The minimum atomic E-state index is 0.627. The molecule has 68 valence electrons. The number of nitrogens with one attached hydrogen (secondary N) is 1. The van der Waals surface area contributed by atoms with E-state index in [1.165, 1.54) is 6.42 Å². The Kier molecular flexibility index (Phi) is 6.57. The van der Waals surface area contributed by atoms with Gasteiger partial charge in [-0.1, -0.05) is 20.8 Å². The van der Waals surface area contributed by atoms with E-state index >= 15 is 0 Å². The van der Waals surface area contributed by atoms with Crippen LogP contribution in [0.25, 0.3) is 0 Å². The molecule has 0 aromatic rings. The van der Waals surface area contributed by atoms with Gasteiger partial charge in [-0.3, -0.25) is 0 Å². The fourth-order valence-corrected chi connectivity index (χ4v) is 1.05. The molecule has 0 heterocycles. The molecule has 0 fully saturated rings. The van der Waals surface area contributed by atoms with Gasteiger partial charge in [0, 0.05) is 6.04 Å². The van der Waals surface area contributed by atoms with E-state index in [4.69, 9.17) is 5.73 Å². The van der Waals surface area contributed by atoms with Crippen molar-refractivity contribution in [1.82, 2.24) is 5.32 Å². The van der Waals surface area contributed by atoms with Crippen LogP contribution in [-0.2, 0) is 0 Å². The molecule has 2 heteroatoms. The lowest BCUT2D eigenvalue weighted by atomic mass is 10.1. The van der Waals surface area contributed by atoms with Crippen molar-refractivity contribution >= 4 is 0 Å². The van der Waals surface area contributed by atoms with E-state index in [1.54, 1.807) is 0 Å². The Bertz CT molecular complexity index is 81.6. The van der Waals surface area contributed by atoms with Crippen molar-refractivity contribution in [3.8, 4) is 0 Å². The summed E-state index contributed by atoms with van der Waals surface area (Å²) in [7, 11) is 0. The van der Waals surface area contributed by atoms with Crippen molar-refractivity contribution in [3.05, 3.63) is 0 Å². The molecule has 0 aliphatic heterocycles. The quantitative estimate of drug-likeness (QED) is 0.612. The summed E-state index contributed by atoms with van der Waals surface area (Å²) < 4.78 is 0. The maximum absolute atomic E-state index is 5.47. The lowest BCUT2D eigenvalue weighted by Crippen LogP contribution is -2.33. The van der Waals surface area contributed by atoms with Crippen LogP contribution in [-0.4, -0.2) is 19.1 Å². The van der Waals surface area contributed by atoms with Crippen molar-refractivity contribution in [1.29, 1.82) is 0 Å². The van der Waals surface area contributed by atoms with Gasteiger partial charge in [-0.25, -0.2) is 0 Å². The lowest BCUT2D eigenvalue weighted by molar-refractivity contribution is 0.435. The van der Waals surface area contributed by atoms with Gasteiger partial charge in [0.05, 0.1) is 0 Å². The fourth-order valence-electron chi connectivity index (χ4n) is 1.05. The van der Waals surface area contributed by atoms with Crippen molar-refractivity contribution in [2.45, 2.75) is 39.7 Å². The van der Waals surface area contributed by atoms with E-state index in [2.05, 4.69) is 26.1 Å². The van der Waals surface area contributed by atoms with Gasteiger partial charge in [0.15, 0.2) is 0 Å².